The van der Waals surface area contributed by atoms with Crippen molar-refractivity contribution < 1.29 is 0 Å². The lowest BCUT2D eigenvalue weighted by Crippen LogP contribution is -2.47. The molecule has 0 amide bonds. The molecule has 6 heteroatoms. The maximum absolute atomic E-state index is 4.63. The van der Waals surface area contributed by atoms with Gasteiger partial charge in [-0.2, -0.15) is 5.10 Å². The maximum Gasteiger partial charge on any atom is 0.191 e. The minimum atomic E-state index is -0.0292. The monoisotopic (exact) mass is 328 g/mol. The molecule has 2 rings (SSSR count). The molecule has 0 aliphatic rings. The first-order valence-corrected chi connectivity index (χ1v) is 8.33. The van der Waals surface area contributed by atoms with Crippen molar-refractivity contribution in [1.82, 2.24) is 25.4 Å². The fourth-order valence-corrected chi connectivity index (χ4v) is 2.33. The van der Waals surface area contributed by atoms with Crippen LogP contribution in [0.2, 0.25) is 0 Å². The van der Waals surface area contributed by atoms with Gasteiger partial charge in [0.15, 0.2) is 11.8 Å². The molecule has 6 nitrogen and oxygen atoms in total. The van der Waals surface area contributed by atoms with Gasteiger partial charge in [-0.3, -0.25) is 0 Å². The smallest absolute Gasteiger partial charge is 0.191 e. The summed E-state index contributed by atoms with van der Waals surface area (Å²) in [5.74, 6) is 1.64. The molecule has 0 aliphatic heterocycles. The molecule has 2 heterocycles. The molecule has 0 saturated heterocycles. The Labute approximate surface area is 144 Å². The first-order valence-electron chi connectivity index (χ1n) is 8.33. The van der Waals surface area contributed by atoms with Gasteiger partial charge in [0, 0.05) is 24.0 Å². The van der Waals surface area contributed by atoms with Gasteiger partial charge < -0.3 is 10.6 Å². The molecule has 130 valence electrons. The summed E-state index contributed by atoms with van der Waals surface area (Å²) in [6.07, 6.45) is 1.86. The van der Waals surface area contributed by atoms with Crippen molar-refractivity contribution in [3.05, 3.63) is 41.3 Å². The van der Waals surface area contributed by atoms with Crippen LogP contribution >= 0.6 is 0 Å². The lowest BCUT2D eigenvalue weighted by molar-refractivity contribution is 0.501. The molecular formula is C18H28N6. The van der Waals surface area contributed by atoms with E-state index in [1.54, 1.807) is 0 Å². The first kappa shape index (κ1) is 18.0. The standard InChI is InChI=1S/C18H28N6/c1-7-19-17(22-18(4,5)6)21-12-15-8-9-16(20-11-15)24-14(3)10-13(2)23-24/h8-11H,7,12H2,1-6H3,(H2,19,21,22). The summed E-state index contributed by atoms with van der Waals surface area (Å²) in [5.41, 5.74) is 3.10. The Morgan fingerprint density at radius 3 is 2.50 bits per heavy atom. The van der Waals surface area contributed by atoms with Gasteiger partial charge in [-0.1, -0.05) is 6.07 Å². The molecule has 2 N–H and O–H groups in total. The molecule has 0 unspecified atom stereocenters. The summed E-state index contributed by atoms with van der Waals surface area (Å²) >= 11 is 0. The van der Waals surface area contributed by atoms with E-state index >= 15 is 0 Å². The Kier molecular flexibility index (Phi) is 5.59. The van der Waals surface area contributed by atoms with Crippen LogP contribution in [0, 0.1) is 13.8 Å². The Morgan fingerprint density at radius 2 is 2.00 bits per heavy atom. The van der Waals surface area contributed by atoms with E-state index < -0.39 is 0 Å². The molecule has 2 aromatic heterocycles. The average molecular weight is 328 g/mol. The van der Waals surface area contributed by atoms with Crippen LogP contribution in [0.3, 0.4) is 0 Å². The highest BCUT2D eigenvalue weighted by Gasteiger charge is 2.11. The Morgan fingerprint density at radius 1 is 1.25 bits per heavy atom. The molecule has 0 atom stereocenters. The maximum atomic E-state index is 4.63. The molecule has 0 spiro atoms. The number of guanidine groups is 1. The second kappa shape index (κ2) is 7.47. The number of aromatic nitrogens is 3. The van der Waals surface area contributed by atoms with Gasteiger partial charge in [-0.15, -0.1) is 0 Å². The SMILES string of the molecule is CCNC(=NCc1ccc(-n2nc(C)cc2C)nc1)NC(C)(C)C. The fraction of sp³-hybridized carbons (Fsp3) is 0.500. The summed E-state index contributed by atoms with van der Waals surface area (Å²) in [4.78, 5) is 9.14. The molecule has 0 radical (unpaired) electrons. The molecular weight excluding hydrogens is 300 g/mol. The Bertz CT molecular complexity index is 691. The number of rotatable bonds is 4. The van der Waals surface area contributed by atoms with Crippen LogP contribution in [0.4, 0.5) is 0 Å². The summed E-state index contributed by atoms with van der Waals surface area (Å²) in [6.45, 7) is 13.8. The van der Waals surface area contributed by atoms with Gasteiger partial charge in [-0.05, 0) is 59.2 Å². The molecule has 0 fully saturated rings. The largest absolute Gasteiger partial charge is 0.357 e. The highest BCUT2D eigenvalue weighted by Crippen LogP contribution is 2.10. The molecule has 0 aliphatic carbocycles. The van der Waals surface area contributed by atoms with Gasteiger partial charge in [0.2, 0.25) is 0 Å². The second-order valence-corrected chi connectivity index (χ2v) is 6.93. The van der Waals surface area contributed by atoms with E-state index in [4.69, 9.17) is 0 Å². The zero-order valence-corrected chi connectivity index (χ0v) is 15.5. The summed E-state index contributed by atoms with van der Waals surface area (Å²) in [7, 11) is 0. The van der Waals surface area contributed by atoms with E-state index in [1.165, 1.54) is 0 Å². The van der Waals surface area contributed by atoms with E-state index in [0.29, 0.717) is 6.54 Å². The van der Waals surface area contributed by atoms with Crippen molar-refractivity contribution in [2.75, 3.05) is 6.54 Å². The fourth-order valence-electron chi connectivity index (χ4n) is 2.33. The van der Waals surface area contributed by atoms with Gasteiger partial charge >= 0.3 is 0 Å². The number of hydrogen-bond acceptors (Lipinski definition) is 3. The molecule has 0 saturated carbocycles. The number of pyridine rings is 1. The summed E-state index contributed by atoms with van der Waals surface area (Å²) < 4.78 is 1.85. The van der Waals surface area contributed by atoms with Crippen LogP contribution in [0.15, 0.2) is 29.4 Å². The van der Waals surface area contributed by atoms with Crippen molar-refractivity contribution in [3.63, 3.8) is 0 Å². The number of aryl methyl sites for hydroxylation is 2. The molecule has 2 aromatic rings. The van der Waals surface area contributed by atoms with Crippen molar-refractivity contribution in [1.29, 1.82) is 0 Å². The van der Waals surface area contributed by atoms with E-state index in [0.717, 1.165) is 35.3 Å². The van der Waals surface area contributed by atoms with Crippen molar-refractivity contribution in [3.8, 4) is 5.82 Å². The van der Waals surface area contributed by atoms with Gasteiger partial charge in [0.1, 0.15) is 0 Å². The van der Waals surface area contributed by atoms with Crippen LogP contribution < -0.4 is 10.6 Å². The van der Waals surface area contributed by atoms with Crippen LogP contribution in [0.25, 0.3) is 5.82 Å². The molecule has 0 bridgehead atoms. The minimum Gasteiger partial charge on any atom is -0.357 e. The van der Waals surface area contributed by atoms with Crippen LogP contribution in [0.1, 0.15) is 44.6 Å². The third kappa shape index (κ3) is 5.08. The highest BCUT2D eigenvalue weighted by atomic mass is 15.3. The van der Waals surface area contributed by atoms with E-state index in [1.807, 2.05) is 42.9 Å². The van der Waals surface area contributed by atoms with E-state index in [9.17, 15) is 0 Å². The predicted octanol–water partition coefficient (Wildman–Crippen LogP) is 2.74. The lowest BCUT2D eigenvalue weighted by atomic mass is 10.1. The Balaban J connectivity index is 2.10. The Hall–Kier alpha value is -2.37. The zero-order valence-electron chi connectivity index (χ0n) is 15.5. The average Bonchev–Trinajstić information content (AvgIpc) is 2.83. The first-order chi connectivity index (χ1) is 11.3. The predicted molar refractivity (Wildman–Crippen MR) is 98.5 cm³/mol. The third-order valence-corrected chi connectivity index (χ3v) is 3.29. The van der Waals surface area contributed by atoms with Gasteiger partial charge in [0.05, 0.1) is 12.2 Å². The van der Waals surface area contributed by atoms with Gasteiger partial charge in [-0.25, -0.2) is 14.7 Å². The van der Waals surface area contributed by atoms with E-state index in [-0.39, 0.29) is 5.54 Å². The highest BCUT2D eigenvalue weighted by molar-refractivity contribution is 5.80. The molecule has 24 heavy (non-hydrogen) atoms. The summed E-state index contributed by atoms with van der Waals surface area (Å²) in [6, 6.07) is 6.07. The second-order valence-electron chi connectivity index (χ2n) is 6.93. The van der Waals surface area contributed by atoms with E-state index in [2.05, 4.69) is 53.4 Å². The van der Waals surface area contributed by atoms with Crippen LogP contribution in [0.5, 0.6) is 0 Å². The minimum absolute atomic E-state index is 0.0292. The number of aliphatic imine (C=N–C) groups is 1. The van der Waals surface area contributed by atoms with Crippen molar-refractivity contribution in [2.24, 2.45) is 4.99 Å². The quantitative estimate of drug-likeness (QED) is 0.669. The summed E-state index contributed by atoms with van der Waals surface area (Å²) in [5, 5.41) is 11.1. The third-order valence-electron chi connectivity index (χ3n) is 3.29. The lowest BCUT2D eigenvalue weighted by Gasteiger charge is -2.23. The van der Waals surface area contributed by atoms with Gasteiger partial charge in [0.25, 0.3) is 0 Å². The van der Waals surface area contributed by atoms with Crippen molar-refractivity contribution in [2.45, 2.75) is 53.6 Å². The van der Waals surface area contributed by atoms with Crippen LogP contribution in [-0.2, 0) is 6.54 Å². The number of nitrogens with zero attached hydrogens (tertiary/aromatic N) is 4. The normalized spacial score (nSPS) is 12.3. The van der Waals surface area contributed by atoms with Crippen LogP contribution in [-0.4, -0.2) is 32.8 Å². The number of hydrogen-bond donors (Lipinski definition) is 2. The topological polar surface area (TPSA) is 67.1 Å². The zero-order chi connectivity index (χ0) is 17.7. The number of nitrogens with one attached hydrogen (secondary N) is 2. The molecule has 0 aromatic carbocycles. The van der Waals surface area contributed by atoms with Crippen molar-refractivity contribution >= 4 is 5.96 Å².